The third kappa shape index (κ3) is 14.0. The molecule has 0 aliphatic heterocycles. The van der Waals surface area contributed by atoms with E-state index in [2.05, 4.69) is 0 Å². The first-order valence-electron chi connectivity index (χ1n) is 2.87. The van der Waals surface area contributed by atoms with Crippen LogP contribution in [-0.2, 0) is 10.1 Å². The molecule has 0 aromatic heterocycles. The van der Waals surface area contributed by atoms with Gasteiger partial charge in [-0.3, -0.25) is 0 Å². The number of nitriles is 1. The molecule has 4 nitrogen and oxygen atoms in total. The molecule has 0 saturated heterocycles. The normalized spacial score (nSPS) is 9.82. The van der Waals surface area contributed by atoms with E-state index in [0.29, 0.717) is 19.3 Å². The molecule has 11 heavy (non-hydrogen) atoms. The van der Waals surface area contributed by atoms with Crippen LogP contribution in [0.5, 0.6) is 0 Å². The van der Waals surface area contributed by atoms with E-state index >= 15 is 0 Å². The predicted molar refractivity (Wildman–Crippen MR) is 34.0 cm³/mol. The zero-order valence-electron chi connectivity index (χ0n) is 6.41. The topological polar surface area (TPSA) is 81.0 Å². The molecule has 0 fully saturated rings. The van der Waals surface area contributed by atoms with Crippen LogP contribution in [0.1, 0.15) is 19.3 Å². The Balaban J connectivity index is 0. The fraction of sp³-hybridized carbons (Fsp3) is 0.800. The Labute approximate surface area is 109 Å². The van der Waals surface area contributed by atoms with Crippen LogP contribution >= 0.6 is 0 Å². The van der Waals surface area contributed by atoms with Gasteiger partial charge in [0.1, 0.15) is 0 Å². The van der Waals surface area contributed by atoms with Gasteiger partial charge < -0.3 is 4.55 Å². The minimum atomic E-state index is -4.06. The fourth-order valence-electron chi connectivity index (χ4n) is 0.483. The van der Waals surface area contributed by atoms with Gasteiger partial charge >= 0.3 is 51.4 Å². The van der Waals surface area contributed by atoms with Crippen molar-refractivity contribution in [2.24, 2.45) is 0 Å². The molecule has 0 spiro atoms. The molecular weight excluding hydrogens is 193 g/mol. The van der Waals surface area contributed by atoms with Gasteiger partial charge in [-0.05, 0) is 12.8 Å². The van der Waals surface area contributed by atoms with E-state index in [1.807, 2.05) is 6.07 Å². The second-order valence-electron chi connectivity index (χ2n) is 1.88. The second kappa shape index (κ2) is 7.67. The van der Waals surface area contributed by atoms with Crippen LogP contribution in [0.3, 0.4) is 0 Å². The van der Waals surface area contributed by atoms with Gasteiger partial charge in [0.2, 0.25) is 0 Å². The Hall–Kier alpha value is 1.04. The summed E-state index contributed by atoms with van der Waals surface area (Å²) in [5.74, 6) is -0.353. The molecule has 0 unspecified atom stereocenters. The fourth-order valence-corrected chi connectivity index (χ4v) is 1.04. The van der Waals surface area contributed by atoms with E-state index in [0.717, 1.165) is 0 Å². The third-order valence-electron chi connectivity index (χ3n) is 0.933. The molecule has 0 rings (SSSR count). The van der Waals surface area contributed by atoms with Crippen LogP contribution in [0, 0.1) is 11.3 Å². The van der Waals surface area contributed by atoms with Crippen molar-refractivity contribution in [2.45, 2.75) is 19.3 Å². The summed E-state index contributed by atoms with van der Waals surface area (Å²) >= 11 is 0. The summed E-state index contributed by atoms with van der Waals surface area (Å²) in [6, 6.07) is 1.86. The van der Waals surface area contributed by atoms with Gasteiger partial charge in [-0.1, -0.05) is 0 Å². The van der Waals surface area contributed by atoms with Gasteiger partial charge in [0.25, 0.3) is 0 Å². The van der Waals surface area contributed by atoms with Crippen LogP contribution in [0.15, 0.2) is 0 Å². The Kier molecular flexibility index (Phi) is 10.2. The summed E-state index contributed by atoms with van der Waals surface area (Å²) in [5.41, 5.74) is 0. The summed E-state index contributed by atoms with van der Waals surface area (Å²) in [6.07, 6.45) is 1.09. The minimum Gasteiger partial charge on any atom is -0.748 e. The molecule has 6 heteroatoms. The summed E-state index contributed by atoms with van der Waals surface area (Å²) in [6.45, 7) is 0. The third-order valence-corrected chi connectivity index (χ3v) is 1.72. The van der Waals surface area contributed by atoms with Crippen molar-refractivity contribution in [3.05, 3.63) is 0 Å². The molecule has 0 aliphatic rings. The number of hydrogen-bond acceptors (Lipinski definition) is 4. The standard InChI is InChI=1S/C5H9NO3S.K/c6-4-2-1-3-5-10(7,8)9;/h1-3,5H2,(H,7,8,9);/q;+1/p-1. The Morgan fingerprint density at radius 2 is 1.91 bits per heavy atom. The summed E-state index contributed by atoms with van der Waals surface area (Å²) < 4.78 is 29.9. The molecular formula is C5H8KNO3S. The molecule has 0 saturated carbocycles. The first-order valence-corrected chi connectivity index (χ1v) is 4.44. The van der Waals surface area contributed by atoms with E-state index in [9.17, 15) is 13.0 Å². The van der Waals surface area contributed by atoms with E-state index in [1.165, 1.54) is 0 Å². The molecule has 0 amide bonds. The first kappa shape index (κ1) is 14.6. The quantitative estimate of drug-likeness (QED) is 0.280. The van der Waals surface area contributed by atoms with Crippen molar-refractivity contribution in [2.75, 3.05) is 5.75 Å². The molecule has 0 atom stereocenters. The average molecular weight is 201 g/mol. The van der Waals surface area contributed by atoms with Gasteiger partial charge in [-0.25, -0.2) is 8.42 Å². The largest absolute Gasteiger partial charge is 1.00 e. The Morgan fingerprint density at radius 1 is 1.36 bits per heavy atom. The van der Waals surface area contributed by atoms with Crippen LogP contribution in [-0.4, -0.2) is 18.7 Å². The number of nitrogens with zero attached hydrogens (tertiary/aromatic N) is 1. The molecule has 0 aromatic carbocycles. The summed E-state index contributed by atoms with van der Waals surface area (Å²) in [5, 5.41) is 8.02. The number of hydrogen-bond donors (Lipinski definition) is 0. The smallest absolute Gasteiger partial charge is 0.748 e. The molecule has 58 valence electrons. The van der Waals surface area contributed by atoms with Gasteiger partial charge in [-0.15, -0.1) is 0 Å². The maximum Gasteiger partial charge on any atom is 1.00 e. The monoisotopic (exact) mass is 201 g/mol. The van der Waals surface area contributed by atoms with E-state index < -0.39 is 10.1 Å². The van der Waals surface area contributed by atoms with Gasteiger partial charge in [0.15, 0.2) is 0 Å². The zero-order valence-corrected chi connectivity index (χ0v) is 10.3. The van der Waals surface area contributed by atoms with E-state index in [4.69, 9.17) is 5.26 Å². The van der Waals surface area contributed by atoms with E-state index in [1.54, 1.807) is 0 Å². The van der Waals surface area contributed by atoms with Gasteiger partial charge in [0.05, 0.1) is 16.2 Å². The molecule has 0 radical (unpaired) electrons. The Morgan fingerprint density at radius 3 is 2.27 bits per heavy atom. The van der Waals surface area contributed by atoms with Crippen LogP contribution in [0.25, 0.3) is 0 Å². The van der Waals surface area contributed by atoms with Crippen molar-refractivity contribution < 1.29 is 64.4 Å². The second-order valence-corrected chi connectivity index (χ2v) is 3.40. The molecule has 0 aromatic rings. The predicted octanol–water partition coefficient (Wildman–Crippen LogP) is -2.77. The molecule has 0 aliphatic carbocycles. The first-order chi connectivity index (χ1) is 4.56. The van der Waals surface area contributed by atoms with Crippen LogP contribution < -0.4 is 51.4 Å². The maximum atomic E-state index is 9.96. The van der Waals surface area contributed by atoms with Crippen molar-refractivity contribution in [1.29, 1.82) is 5.26 Å². The van der Waals surface area contributed by atoms with Crippen LogP contribution in [0.2, 0.25) is 0 Å². The van der Waals surface area contributed by atoms with E-state index in [-0.39, 0.29) is 57.1 Å². The average Bonchev–Trinajstić information content (AvgIpc) is 1.78. The van der Waals surface area contributed by atoms with Gasteiger partial charge in [-0.2, -0.15) is 5.26 Å². The minimum absolute atomic E-state index is 0. The van der Waals surface area contributed by atoms with Gasteiger partial charge in [0, 0.05) is 12.2 Å². The maximum absolute atomic E-state index is 9.96. The summed E-state index contributed by atoms with van der Waals surface area (Å²) in [4.78, 5) is 0. The van der Waals surface area contributed by atoms with Crippen molar-refractivity contribution >= 4 is 10.1 Å². The summed E-state index contributed by atoms with van der Waals surface area (Å²) in [7, 11) is -4.06. The number of rotatable bonds is 4. The van der Waals surface area contributed by atoms with Crippen molar-refractivity contribution in [1.82, 2.24) is 0 Å². The van der Waals surface area contributed by atoms with Crippen LogP contribution in [0.4, 0.5) is 0 Å². The SMILES string of the molecule is N#CCCCCS(=O)(=O)[O-].[K+]. The molecule has 0 heterocycles. The molecule has 0 N–H and O–H groups in total. The Bertz CT molecular complexity index is 218. The molecule has 0 bridgehead atoms. The van der Waals surface area contributed by atoms with Crippen molar-refractivity contribution in [3.8, 4) is 6.07 Å². The zero-order chi connectivity index (χ0) is 8.04. The van der Waals surface area contributed by atoms with Crippen molar-refractivity contribution in [3.63, 3.8) is 0 Å². The number of unbranched alkanes of at least 4 members (excludes halogenated alkanes) is 2.